The molecule has 0 saturated heterocycles. The summed E-state index contributed by atoms with van der Waals surface area (Å²) in [5.41, 5.74) is 0.706. The molecule has 1 unspecified atom stereocenters. The van der Waals surface area contributed by atoms with Gasteiger partial charge in [0.05, 0.1) is 0 Å². The highest BCUT2D eigenvalue weighted by molar-refractivity contribution is 6.74. The standard InChI is InChI=1S/C14H20Cl2O2Si/c1-14(2,3)19(4,5)18-13(9-17)10-6-11(15)8-12(16)7-10/h6-9,13H,1-5H3. The Bertz CT molecular complexity index is 447. The summed E-state index contributed by atoms with van der Waals surface area (Å²) in [5, 5.41) is 1.05. The lowest BCUT2D eigenvalue weighted by molar-refractivity contribution is -0.114. The Morgan fingerprint density at radius 1 is 1.16 bits per heavy atom. The molecule has 19 heavy (non-hydrogen) atoms. The van der Waals surface area contributed by atoms with Gasteiger partial charge in [-0.15, -0.1) is 0 Å². The molecule has 0 N–H and O–H groups in total. The summed E-state index contributed by atoms with van der Waals surface area (Å²) in [6.45, 7) is 10.6. The molecule has 1 aromatic rings. The van der Waals surface area contributed by atoms with Gasteiger partial charge in [0.25, 0.3) is 0 Å². The summed E-state index contributed by atoms with van der Waals surface area (Å²) in [7, 11) is -2.02. The third-order valence-electron chi connectivity index (χ3n) is 3.56. The van der Waals surface area contributed by atoms with Crippen molar-refractivity contribution in [3.05, 3.63) is 33.8 Å². The fraction of sp³-hybridized carbons (Fsp3) is 0.500. The van der Waals surface area contributed by atoms with Gasteiger partial charge in [-0.25, -0.2) is 0 Å². The van der Waals surface area contributed by atoms with Gasteiger partial charge in [0.15, 0.2) is 14.6 Å². The van der Waals surface area contributed by atoms with E-state index in [1.54, 1.807) is 18.2 Å². The first-order chi connectivity index (χ1) is 8.56. The van der Waals surface area contributed by atoms with Crippen LogP contribution in [0.1, 0.15) is 32.4 Å². The van der Waals surface area contributed by atoms with Gasteiger partial charge >= 0.3 is 0 Å². The summed E-state index contributed by atoms with van der Waals surface area (Å²) >= 11 is 11.9. The zero-order valence-corrected chi connectivity index (χ0v) is 14.5. The summed E-state index contributed by atoms with van der Waals surface area (Å²) < 4.78 is 6.10. The maximum Gasteiger partial charge on any atom is 0.193 e. The SMILES string of the molecule is CC(C)(C)[Si](C)(C)OC(C=O)c1cc(Cl)cc(Cl)c1. The largest absolute Gasteiger partial charge is 0.403 e. The molecule has 0 aromatic heterocycles. The van der Waals surface area contributed by atoms with E-state index in [0.717, 1.165) is 6.29 Å². The van der Waals surface area contributed by atoms with Crippen molar-refractivity contribution in [3.8, 4) is 0 Å². The lowest BCUT2D eigenvalue weighted by Gasteiger charge is -2.38. The minimum Gasteiger partial charge on any atom is -0.403 e. The van der Waals surface area contributed by atoms with Crippen molar-refractivity contribution in [1.82, 2.24) is 0 Å². The summed E-state index contributed by atoms with van der Waals surface area (Å²) in [6, 6.07) is 5.08. The molecule has 0 saturated carbocycles. The maximum absolute atomic E-state index is 11.3. The topological polar surface area (TPSA) is 26.3 Å². The summed E-state index contributed by atoms with van der Waals surface area (Å²) in [5.74, 6) is 0. The van der Waals surface area contributed by atoms with Crippen LogP contribution >= 0.6 is 23.2 Å². The van der Waals surface area contributed by atoms with Gasteiger partial charge in [-0.2, -0.15) is 0 Å². The molecule has 0 heterocycles. The van der Waals surface area contributed by atoms with Crippen molar-refractivity contribution < 1.29 is 9.22 Å². The van der Waals surface area contributed by atoms with Crippen molar-refractivity contribution in [2.24, 2.45) is 0 Å². The third-order valence-corrected chi connectivity index (χ3v) is 8.46. The number of hydrogen-bond donors (Lipinski definition) is 0. The van der Waals surface area contributed by atoms with Crippen molar-refractivity contribution in [1.29, 1.82) is 0 Å². The molecule has 1 rings (SSSR count). The maximum atomic E-state index is 11.3. The Labute approximate surface area is 126 Å². The van der Waals surface area contributed by atoms with Crippen LogP contribution in [-0.2, 0) is 9.22 Å². The second-order valence-electron chi connectivity index (χ2n) is 6.14. The molecule has 0 aliphatic rings. The molecule has 0 aliphatic heterocycles. The highest BCUT2D eigenvalue weighted by Crippen LogP contribution is 2.39. The van der Waals surface area contributed by atoms with Gasteiger partial charge < -0.3 is 9.22 Å². The first-order valence-corrected chi connectivity index (χ1v) is 9.82. The van der Waals surface area contributed by atoms with E-state index in [-0.39, 0.29) is 5.04 Å². The number of carbonyl (C=O) groups excluding carboxylic acids is 1. The van der Waals surface area contributed by atoms with Crippen LogP contribution in [0.25, 0.3) is 0 Å². The summed E-state index contributed by atoms with van der Waals surface area (Å²) in [6.07, 6.45) is 0.194. The van der Waals surface area contributed by atoms with Gasteiger partial charge in [0.1, 0.15) is 6.10 Å². The molecule has 0 spiro atoms. The molecule has 106 valence electrons. The number of carbonyl (C=O) groups is 1. The van der Waals surface area contributed by atoms with E-state index in [1.165, 1.54) is 0 Å². The van der Waals surface area contributed by atoms with Crippen molar-refractivity contribution in [3.63, 3.8) is 0 Å². The molecule has 1 aromatic carbocycles. The van der Waals surface area contributed by atoms with Crippen LogP contribution in [-0.4, -0.2) is 14.6 Å². The molecular weight excluding hydrogens is 299 g/mol. The Hall–Kier alpha value is -0.353. The third kappa shape index (κ3) is 4.31. The Kier molecular flexibility index (Phi) is 5.24. The zero-order chi connectivity index (χ0) is 14.8. The van der Waals surface area contributed by atoms with Gasteiger partial charge in [0.2, 0.25) is 0 Å². The number of benzene rings is 1. The molecule has 0 fully saturated rings. The first-order valence-electron chi connectivity index (χ1n) is 6.16. The highest BCUT2D eigenvalue weighted by Gasteiger charge is 2.39. The van der Waals surface area contributed by atoms with E-state index in [4.69, 9.17) is 27.6 Å². The van der Waals surface area contributed by atoms with Gasteiger partial charge in [-0.05, 0) is 41.9 Å². The van der Waals surface area contributed by atoms with Gasteiger partial charge in [-0.3, -0.25) is 0 Å². The van der Waals surface area contributed by atoms with E-state index in [0.29, 0.717) is 15.6 Å². The number of halogens is 2. The highest BCUT2D eigenvalue weighted by atomic mass is 35.5. The minimum atomic E-state index is -2.02. The number of aldehydes is 1. The second-order valence-corrected chi connectivity index (χ2v) is 11.8. The first kappa shape index (κ1) is 16.7. The van der Waals surface area contributed by atoms with Crippen molar-refractivity contribution in [2.45, 2.75) is 45.0 Å². The van der Waals surface area contributed by atoms with E-state index in [2.05, 4.69) is 33.9 Å². The van der Waals surface area contributed by atoms with E-state index < -0.39 is 14.4 Å². The quantitative estimate of drug-likeness (QED) is 0.559. The Morgan fingerprint density at radius 2 is 1.63 bits per heavy atom. The molecule has 0 bridgehead atoms. The molecule has 0 amide bonds. The van der Waals surface area contributed by atoms with E-state index in [1.807, 2.05) is 0 Å². The van der Waals surface area contributed by atoms with Crippen LogP contribution in [0.5, 0.6) is 0 Å². The Morgan fingerprint density at radius 3 is 2.00 bits per heavy atom. The van der Waals surface area contributed by atoms with Crippen LogP contribution in [0.15, 0.2) is 18.2 Å². The van der Waals surface area contributed by atoms with Crippen LogP contribution in [0.2, 0.25) is 28.2 Å². The van der Waals surface area contributed by atoms with Crippen LogP contribution in [0, 0.1) is 0 Å². The fourth-order valence-electron chi connectivity index (χ4n) is 1.41. The average Bonchev–Trinajstić information content (AvgIpc) is 2.22. The molecular formula is C14H20Cl2O2Si. The zero-order valence-electron chi connectivity index (χ0n) is 12.0. The lowest BCUT2D eigenvalue weighted by atomic mass is 10.1. The lowest BCUT2D eigenvalue weighted by Crippen LogP contribution is -2.42. The molecule has 5 heteroatoms. The smallest absolute Gasteiger partial charge is 0.193 e. The minimum absolute atomic E-state index is 0.0383. The van der Waals surface area contributed by atoms with E-state index in [9.17, 15) is 4.79 Å². The van der Waals surface area contributed by atoms with Crippen LogP contribution < -0.4 is 0 Å². The number of rotatable bonds is 4. The predicted octanol–water partition coefficient (Wildman–Crippen LogP) is 5.26. The predicted molar refractivity (Wildman–Crippen MR) is 83.5 cm³/mol. The monoisotopic (exact) mass is 318 g/mol. The molecule has 2 nitrogen and oxygen atoms in total. The molecule has 1 atom stereocenters. The van der Waals surface area contributed by atoms with E-state index >= 15 is 0 Å². The molecule has 0 aliphatic carbocycles. The normalized spacial score (nSPS) is 14.3. The summed E-state index contributed by atoms with van der Waals surface area (Å²) in [4.78, 5) is 11.3. The van der Waals surface area contributed by atoms with Crippen molar-refractivity contribution >= 4 is 37.8 Å². The fourth-order valence-corrected chi connectivity index (χ4v) is 3.13. The molecule has 0 radical (unpaired) electrons. The average molecular weight is 319 g/mol. The number of hydrogen-bond acceptors (Lipinski definition) is 2. The van der Waals surface area contributed by atoms with Crippen LogP contribution in [0.4, 0.5) is 0 Å². The second kappa shape index (κ2) is 5.96. The van der Waals surface area contributed by atoms with Crippen molar-refractivity contribution in [2.75, 3.05) is 0 Å². The Balaban J connectivity index is 3.05. The van der Waals surface area contributed by atoms with Gasteiger partial charge in [-0.1, -0.05) is 44.0 Å². The van der Waals surface area contributed by atoms with Crippen LogP contribution in [0.3, 0.4) is 0 Å². The van der Waals surface area contributed by atoms with Gasteiger partial charge in [0, 0.05) is 10.0 Å².